The van der Waals surface area contributed by atoms with Crippen LogP contribution in [0.4, 0.5) is 0 Å². The molecule has 20 heavy (non-hydrogen) atoms. The van der Waals surface area contributed by atoms with E-state index in [9.17, 15) is 4.79 Å². The fourth-order valence-electron chi connectivity index (χ4n) is 2.84. The van der Waals surface area contributed by atoms with Crippen molar-refractivity contribution in [2.45, 2.75) is 32.4 Å². The minimum absolute atomic E-state index is 0. The quantitative estimate of drug-likeness (QED) is 0.665. The number of likely N-dealkylation sites (N-methyl/N-ethyl adjacent to an activating group) is 2. The molecule has 2 atom stereocenters. The summed E-state index contributed by atoms with van der Waals surface area (Å²) in [7, 11) is 0. The topological polar surface area (TPSA) is 23.6 Å². The molecule has 1 amide bonds. The normalized spacial score (nSPS) is 23.6. The molecule has 1 aliphatic heterocycles. The van der Waals surface area contributed by atoms with Gasteiger partial charge in [0.05, 0.1) is 6.04 Å². The zero-order valence-electron chi connectivity index (χ0n) is 12.3. The Labute approximate surface area is 136 Å². The molecule has 2 unspecified atom stereocenters. The van der Waals surface area contributed by atoms with Crippen LogP contribution >= 0.6 is 0 Å². The fraction of sp³-hybridized carbons (Fsp3) is 0.500. The Morgan fingerprint density at radius 3 is 2.40 bits per heavy atom. The van der Waals surface area contributed by atoms with Crippen LogP contribution < -0.4 is 0 Å². The number of hydrogen-bond donors (Lipinski definition) is 0. The van der Waals surface area contributed by atoms with Gasteiger partial charge in [-0.2, -0.15) is 0 Å². The maximum Gasteiger partial charge on any atom is 0.238 e. The average molecular weight is 443 g/mol. The smallest absolute Gasteiger partial charge is 0.238 e. The van der Waals surface area contributed by atoms with Crippen molar-refractivity contribution in [3.8, 4) is 0 Å². The molecule has 1 fully saturated rings. The third-order valence-corrected chi connectivity index (χ3v) is 3.91. The Morgan fingerprint density at radius 2 is 1.85 bits per heavy atom. The van der Waals surface area contributed by atoms with E-state index in [1.54, 1.807) is 0 Å². The van der Waals surface area contributed by atoms with Crippen molar-refractivity contribution in [3.63, 3.8) is 0 Å². The predicted octanol–water partition coefficient (Wildman–Crippen LogP) is 1.98. The SMILES string of the molecule is [CH2-]C1CN(CC)C(Cc2ccccc2)C(=O)N1CC.[W]. The summed E-state index contributed by atoms with van der Waals surface area (Å²) in [6, 6.07) is 10.3. The number of carbonyl (C=O) groups is 1. The van der Waals surface area contributed by atoms with Crippen molar-refractivity contribution >= 4 is 5.91 Å². The summed E-state index contributed by atoms with van der Waals surface area (Å²) < 4.78 is 0. The number of piperazine rings is 1. The van der Waals surface area contributed by atoms with Crippen LogP contribution in [0.5, 0.6) is 0 Å². The van der Waals surface area contributed by atoms with Gasteiger partial charge in [0.2, 0.25) is 5.91 Å². The number of hydrogen-bond acceptors (Lipinski definition) is 2. The number of amides is 1. The van der Waals surface area contributed by atoms with Gasteiger partial charge in [0, 0.05) is 27.6 Å². The van der Waals surface area contributed by atoms with Crippen LogP contribution in [-0.4, -0.2) is 47.4 Å². The van der Waals surface area contributed by atoms with Crippen molar-refractivity contribution in [3.05, 3.63) is 42.8 Å². The Balaban J connectivity index is 0.00000200. The van der Waals surface area contributed by atoms with E-state index in [1.807, 2.05) is 30.0 Å². The summed E-state index contributed by atoms with van der Waals surface area (Å²) in [5.41, 5.74) is 1.22. The summed E-state index contributed by atoms with van der Waals surface area (Å²) in [5.74, 6) is 0.222. The molecular weight excluding hydrogens is 420 g/mol. The molecule has 2 rings (SSSR count). The second-order valence-corrected chi connectivity index (χ2v) is 5.07. The molecule has 0 N–H and O–H groups in total. The average Bonchev–Trinajstić information content (AvgIpc) is 2.43. The van der Waals surface area contributed by atoms with Crippen molar-refractivity contribution in [2.24, 2.45) is 0 Å². The first-order chi connectivity index (χ1) is 9.17. The molecule has 1 aliphatic rings. The van der Waals surface area contributed by atoms with Crippen LogP contribution in [0.25, 0.3) is 0 Å². The monoisotopic (exact) mass is 443 g/mol. The summed E-state index contributed by atoms with van der Waals surface area (Å²) in [4.78, 5) is 16.7. The first-order valence-corrected chi connectivity index (χ1v) is 7.08. The maximum atomic E-state index is 12.6. The van der Waals surface area contributed by atoms with E-state index < -0.39 is 0 Å². The van der Waals surface area contributed by atoms with Gasteiger partial charge in [0.1, 0.15) is 0 Å². The zero-order chi connectivity index (χ0) is 13.8. The molecular formula is C16H23N2OW-. The second kappa shape index (κ2) is 7.95. The van der Waals surface area contributed by atoms with E-state index in [2.05, 4.69) is 30.9 Å². The van der Waals surface area contributed by atoms with Gasteiger partial charge in [-0.25, -0.2) is 0 Å². The first kappa shape index (κ1) is 17.4. The molecule has 4 heteroatoms. The van der Waals surface area contributed by atoms with Gasteiger partial charge in [0.25, 0.3) is 0 Å². The molecule has 1 aromatic carbocycles. The van der Waals surface area contributed by atoms with E-state index >= 15 is 0 Å². The van der Waals surface area contributed by atoms with Gasteiger partial charge in [-0.15, -0.1) is 0 Å². The minimum atomic E-state index is -0.0367. The first-order valence-electron chi connectivity index (χ1n) is 7.08. The number of rotatable bonds is 4. The van der Waals surface area contributed by atoms with Crippen LogP contribution in [0, 0.1) is 6.92 Å². The molecule has 0 bridgehead atoms. The number of benzene rings is 1. The Bertz CT molecular complexity index is 424. The van der Waals surface area contributed by atoms with Gasteiger partial charge >= 0.3 is 0 Å². The zero-order valence-corrected chi connectivity index (χ0v) is 15.2. The van der Waals surface area contributed by atoms with Crippen LogP contribution in [-0.2, 0) is 32.3 Å². The fourth-order valence-corrected chi connectivity index (χ4v) is 2.84. The summed E-state index contributed by atoms with van der Waals surface area (Å²) >= 11 is 0. The van der Waals surface area contributed by atoms with Gasteiger partial charge in [-0.05, 0) is 32.0 Å². The molecule has 0 saturated carbocycles. The van der Waals surface area contributed by atoms with E-state index in [0.717, 1.165) is 26.1 Å². The van der Waals surface area contributed by atoms with E-state index in [-0.39, 0.29) is 39.1 Å². The largest absolute Gasteiger partial charge is 0.367 e. The molecule has 3 nitrogen and oxygen atoms in total. The van der Waals surface area contributed by atoms with Crippen LogP contribution in [0.3, 0.4) is 0 Å². The van der Waals surface area contributed by atoms with E-state index in [0.29, 0.717) is 0 Å². The maximum absolute atomic E-state index is 12.6. The van der Waals surface area contributed by atoms with Gasteiger partial charge in [0.15, 0.2) is 0 Å². The minimum Gasteiger partial charge on any atom is -0.367 e. The third kappa shape index (κ3) is 3.71. The number of carbonyl (C=O) groups excluding carboxylic acids is 1. The van der Waals surface area contributed by atoms with Crippen LogP contribution in [0.15, 0.2) is 30.3 Å². The van der Waals surface area contributed by atoms with E-state index in [4.69, 9.17) is 0 Å². The van der Waals surface area contributed by atoms with Crippen molar-refractivity contribution in [1.29, 1.82) is 0 Å². The molecule has 0 spiro atoms. The predicted molar refractivity (Wildman–Crippen MR) is 77.7 cm³/mol. The van der Waals surface area contributed by atoms with Crippen LogP contribution in [0.2, 0.25) is 0 Å². The van der Waals surface area contributed by atoms with Gasteiger partial charge in [-0.3, -0.25) is 9.69 Å². The van der Waals surface area contributed by atoms with Gasteiger partial charge < -0.3 is 11.8 Å². The Hall–Kier alpha value is -0.662. The Kier molecular flexibility index (Phi) is 6.91. The number of nitrogens with zero attached hydrogens (tertiary/aromatic N) is 2. The van der Waals surface area contributed by atoms with Crippen molar-refractivity contribution < 1.29 is 25.9 Å². The van der Waals surface area contributed by atoms with Gasteiger partial charge in [-0.1, -0.05) is 43.3 Å². The summed E-state index contributed by atoms with van der Waals surface area (Å²) in [5, 5.41) is 0. The standard InChI is InChI=1S/C16H23N2O.W/c1-4-17-12-13(3)18(5-2)16(19)15(17)11-14-9-7-6-8-10-14;/h6-10,13,15H,3-5,11-12H2,1-2H3;/q-1;. The molecule has 0 aliphatic carbocycles. The summed E-state index contributed by atoms with van der Waals surface area (Å²) in [6.07, 6.45) is 0.788. The van der Waals surface area contributed by atoms with Crippen molar-refractivity contribution in [2.75, 3.05) is 19.6 Å². The Morgan fingerprint density at radius 1 is 1.20 bits per heavy atom. The summed E-state index contributed by atoms with van der Waals surface area (Å²) in [6.45, 7) is 10.7. The molecule has 110 valence electrons. The third-order valence-electron chi connectivity index (χ3n) is 3.91. The molecule has 0 aromatic heterocycles. The molecule has 1 saturated heterocycles. The molecule has 0 radical (unpaired) electrons. The van der Waals surface area contributed by atoms with Crippen molar-refractivity contribution in [1.82, 2.24) is 9.80 Å². The second-order valence-electron chi connectivity index (χ2n) is 5.07. The molecule has 1 heterocycles. The van der Waals surface area contributed by atoms with Crippen LogP contribution in [0.1, 0.15) is 19.4 Å². The van der Waals surface area contributed by atoms with E-state index in [1.165, 1.54) is 5.56 Å². The molecule has 1 aromatic rings.